The van der Waals surface area contributed by atoms with Crippen molar-refractivity contribution in [3.8, 4) is 0 Å². The second-order valence-corrected chi connectivity index (χ2v) is 6.90. The van der Waals surface area contributed by atoms with Gasteiger partial charge in [0.2, 0.25) is 0 Å². The molecule has 2 unspecified atom stereocenters. The molecule has 2 atom stereocenters. The van der Waals surface area contributed by atoms with Gasteiger partial charge in [-0.1, -0.05) is 20.8 Å². The second kappa shape index (κ2) is 5.25. The van der Waals surface area contributed by atoms with E-state index in [9.17, 15) is 0 Å². The van der Waals surface area contributed by atoms with E-state index < -0.39 is 0 Å². The van der Waals surface area contributed by atoms with Gasteiger partial charge in [-0.3, -0.25) is 0 Å². The molecule has 3 nitrogen and oxygen atoms in total. The van der Waals surface area contributed by atoms with Gasteiger partial charge in [-0.2, -0.15) is 0 Å². The van der Waals surface area contributed by atoms with Crippen molar-refractivity contribution >= 4 is 0 Å². The van der Waals surface area contributed by atoms with Gasteiger partial charge < -0.3 is 15.4 Å². The molecule has 0 bridgehead atoms. The summed E-state index contributed by atoms with van der Waals surface area (Å²) in [6.45, 7) is 12.3. The molecule has 3 heteroatoms. The highest BCUT2D eigenvalue weighted by Gasteiger charge is 2.31. The Kier molecular flexibility index (Phi) is 4.11. The molecule has 0 aromatic rings. The van der Waals surface area contributed by atoms with Crippen molar-refractivity contribution < 1.29 is 4.74 Å². The predicted molar refractivity (Wildman–Crippen MR) is 70.9 cm³/mol. The zero-order chi connectivity index (χ0) is 12.5. The molecule has 2 saturated heterocycles. The number of rotatable bonds is 2. The van der Waals surface area contributed by atoms with Crippen LogP contribution in [0, 0.1) is 17.3 Å². The lowest BCUT2D eigenvalue weighted by molar-refractivity contribution is 0.0957. The molecule has 2 rings (SSSR count). The van der Waals surface area contributed by atoms with Crippen LogP contribution < -0.4 is 5.73 Å². The summed E-state index contributed by atoms with van der Waals surface area (Å²) in [5.41, 5.74) is 6.51. The molecule has 0 amide bonds. The van der Waals surface area contributed by atoms with Crippen molar-refractivity contribution in [1.82, 2.24) is 4.90 Å². The minimum atomic E-state index is 0.260. The van der Waals surface area contributed by atoms with E-state index in [1.165, 1.54) is 25.9 Å². The van der Waals surface area contributed by atoms with Gasteiger partial charge in [0, 0.05) is 18.5 Å². The number of ether oxygens (including phenoxy) is 1. The van der Waals surface area contributed by atoms with Crippen LogP contribution in [-0.2, 0) is 4.74 Å². The molecule has 2 aliphatic rings. The zero-order valence-electron chi connectivity index (χ0n) is 11.6. The van der Waals surface area contributed by atoms with Gasteiger partial charge in [-0.25, -0.2) is 0 Å². The Bertz CT molecular complexity index is 241. The first-order chi connectivity index (χ1) is 7.97. The summed E-state index contributed by atoms with van der Waals surface area (Å²) in [5, 5.41) is 0. The predicted octanol–water partition coefficient (Wildman–Crippen LogP) is 1.72. The molecule has 0 saturated carbocycles. The van der Waals surface area contributed by atoms with E-state index in [4.69, 9.17) is 10.5 Å². The van der Waals surface area contributed by atoms with Crippen LogP contribution in [-0.4, -0.2) is 43.8 Å². The second-order valence-electron chi connectivity index (χ2n) is 6.90. The Labute approximate surface area is 106 Å². The monoisotopic (exact) mass is 240 g/mol. The highest BCUT2D eigenvalue weighted by molar-refractivity contribution is 4.85. The van der Waals surface area contributed by atoms with E-state index >= 15 is 0 Å². The fraction of sp³-hybridized carbons (Fsp3) is 1.00. The van der Waals surface area contributed by atoms with Crippen molar-refractivity contribution in [3.05, 3.63) is 0 Å². The lowest BCUT2D eigenvalue weighted by Gasteiger charge is -2.39. The molecule has 0 aromatic carbocycles. The minimum Gasteiger partial charge on any atom is -0.379 e. The Hall–Kier alpha value is -0.120. The van der Waals surface area contributed by atoms with Crippen LogP contribution in [0.1, 0.15) is 33.6 Å². The maximum absolute atomic E-state index is 6.04. The first kappa shape index (κ1) is 13.3. The molecular weight excluding hydrogens is 212 g/mol. The molecule has 100 valence electrons. The first-order valence-corrected chi connectivity index (χ1v) is 7.02. The lowest BCUT2D eigenvalue weighted by Crippen LogP contribution is -2.43. The van der Waals surface area contributed by atoms with Gasteiger partial charge >= 0.3 is 0 Å². The topological polar surface area (TPSA) is 38.5 Å². The number of likely N-dealkylation sites (tertiary alicyclic amines) is 1. The van der Waals surface area contributed by atoms with Gasteiger partial charge in [0.1, 0.15) is 0 Å². The number of piperidine rings is 1. The van der Waals surface area contributed by atoms with Crippen molar-refractivity contribution in [2.45, 2.75) is 39.7 Å². The highest BCUT2D eigenvalue weighted by atomic mass is 16.5. The molecule has 2 N–H and O–H groups in total. The summed E-state index contributed by atoms with van der Waals surface area (Å²) in [6, 6.07) is 0.260. The molecule has 0 radical (unpaired) electrons. The average molecular weight is 240 g/mol. The fourth-order valence-corrected chi connectivity index (χ4v) is 3.12. The van der Waals surface area contributed by atoms with Crippen LogP contribution in [0.15, 0.2) is 0 Å². The van der Waals surface area contributed by atoms with E-state index in [2.05, 4.69) is 25.7 Å². The SMILES string of the molecule is CC(C)(C)C1CCN(CC2COCC2N)CC1. The van der Waals surface area contributed by atoms with Crippen LogP contribution in [0.3, 0.4) is 0 Å². The van der Waals surface area contributed by atoms with E-state index in [0.717, 1.165) is 25.7 Å². The molecule has 0 aromatic heterocycles. The third-order valence-electron chi connectivity index (χ3n) is 4.55. The van der Waals surface area contributed by atoms with Crippen LogP contribution in [0.2, 0.25) is 0 Å². The summed E-state index contributed by atoms with van der Waals surface area (Å²) in [5.74, 6) is 1.44. The Morgan fingerprint density at radius 2 is 1.82 bits per heavy atom. The molecule has 2 aliphatic heterocycles. The maximum atomic E-state index is 6.04. The maximum Gasteiger partial charge on any atom is 0.0621 e. The Morgan fingerprint density at radius 3 is 2.29 bits per heavy atom. The Morgan fingerprint density at radius 1 is 1.18 bits per heavy atom. The van der Waals surface area contributed by atoms with Crippen LogP contribution in [0.5, 0.6) is 0 Å². The highest BCUT2D eigenvalue weighted by Crippen LogP contribution is 2.34. The quantitative estimate of drug-likeness (QED) is 0.799. The molecule has 2 heterocycles. The van der Waals surface area contributed by atoms with Crippen LogP contribution >= 0.6 is 0 Å². The van der Waals surface area contributed by atoms with Gasteiger partial charge in [0.15, 0.2) is 0 Å². The van der Waals surface area contributed by atoms with Gasteiger partial charge in [0.05, 0.1) is 13.2 Å². The van der Waals surface area contributed by atoms with Gasteiger partial charge in [0.25, 0.3) is 0 Å². The number of nitrogens with zero attached hydrogens (tertiary/aromatic N) is 1. The third kappa shape index (κ3) is 3.43. The Balaban J connectivity index is 1.76. The summed E-state index contributed by atoms with van der Waals surface area (Å²) < 4.78 is 5.43. The van der Waals surface area contributed by atoms with E-state index in [0.29, 0.717) is 11.3 Å². The van der Waals surface area contributed by atoms with E-state index in [1.807, 2.05) is 0 Å². The summed E-state index contributed by atoms with van der Waals surface area (Å²) in [4.78, 5) is 2.58. The number of hydrogen-bond donors (Lipinski definition) is 1. The normalized spacial score (nSPS) is 33.2. The lowest BCUT2D eigenvalue weighted by atomic mass is 9.75. The van der Waals surface area contributed by atoms with Crippen LogP contribution in [0.25, 0.3) is 0 Å². The molecule has 17 heavy (non-hydrogen) atoms. The number of nitrogens with two attached hydrogens (primary N) is 1. The minimum absolute atomic E-state index is 0.260. The number of hydrogen-bond acceptors (Lipinski definition) is 3. The van der Waals surface area contributed by atoms with Crippen molar-refractivity contribution in [1.29, 1.82) is 0 Å². The standard InChI is InChI=1S/C14H28N2O/c1-14(2,3)12-4-6-16(7-5-12)8-11-9-17-10-13(11)15/h11-13H,4-10,15H2,1-3H3. The molecule has 0 spiro atoms. The van der Waals surface area contributed by atoms with Gasteiger partial charge in [-0.05, 0) is 37.3 Å². The third-order valence-corrected chi connectivity index (χ3v) is 4.55. The van der Waals surface area contributed by atoms with Gasteiger partial charge in [-0.15, -0.1) is 0 Å². The first-order valence-electron chi connectivity index (χ1n) is 7.02. The largest absolute Gasteiger partial charge is 0.379 e. The van der Waals surface area contributed by atoms with Crippen LogP contribution in [0.4, 0.5) is 0 Å². The van der Waals surface area contributed by atoms with E-state index in [1.54, 1.807) is 0 Å². The molecule has 2 fully saturated rings. The molecule has 0 aliphatic carbocycles. The zero-order valence-corrected chi connectivity index (χ0v) is 11.6. The van der Waals surface area contributed by atoms with Crippen molar-refractivity contribution in [2.75, 3.05) is 32.8 Å². The molecular formula is C14H28N2O. The summed E-state index contributed by atoms with van der Waals surface area (Å²) >= 11 is 0. The van der Waals surface area contributed by atoms with Crippen molar-refractivity contribution in [2.24, 2.45) is 23.0 Å². The smallest absolute Gasteiger partial charge is 0.0621 e. The van der Waals surface area contributed by atoms with E-state index in [-0.39, 0.29) is 6.04 Å². The average Bonchev–Trinajstić information content (AvgIpc) is 2.64. The summed E-state index contributed by atoms with van der Waals surface area (Å²) in [7, 11) is 0. The van der Waals surface area contributed by atoms with Crippen molar-refractivity contribution in [3.63, 3.8) is 0 Å². The summed E-state index contributed by atoms with van der Waals surface area (Å²) in [6.07, 6.45) is 2.68. The fourth-order valence-electron chi connectivity index (χ4n) is 3.12.